The molecule has 78 valence electrons. The van der Waals surface area contributed by atoms with Gasteiger partial charge in [-0.1, -0.05) is 6.92 Å². The van der Waals surface area contributed by atoms with Crippen LogP contribution in [0.4, 0.5) is 0 Å². The van der Waals surface area contributed by atoms with Gasteiger partial charge in [-0.05, 0) is 30.5 Å². The lowest BCUT2D eigenvalue weighted by atomic mass is 10.0. The van der Waals surface area contributed by atoms with Crippen LogP contribution in [0, 0.1) is 0 Å². The molecular weight excluding hydrogens is 176 g/mol. The Morgan fingerprint density at radius 3 is 2.93 bits per heavy atom. The molecule has 1 rings (SSSR count). The Morgan fingerprint density at radius 1 is 1.50 bits per heavy atom. The Morgan fingerprint density at radius 2 is 2.29 bits per heavy atom. The van der Waals surface area contributed by atoms with E-state index >= 15 is 0 Å². The van der Waals surface area contributed by atoms with Crippen molar-refractivity contribution >= 4 is 0 Å². The van der Waals surface area contributed by atoms with Gasteiger partial charge in [-0.25, -0.2) is 0 Å². The number of ether oxygens (including phenoxy) is 1. The molecule has 1 heterocycles. The quantitative estimate of drug-likeness (QED) is 0.775. The van der Waals surface area contributed by atoms with E-state index in [0.717, 1.165) is 12.0 Å². The third-order valence-corrected chi connectivity index (χ3v) is 2.22. The molecule has 1 atom stereocenters. The molecule has 0 amide bonds. The summed E-state index contributed by atoms with van der Waals surface area (Å²) in [6.45, 7) is 5.36. The van der Waals surface area contributed by atoms with Crippen molar-refractivity contribution in [1.29, 1.82) is 0 Å². The third kappa shape index (κ3) is 2.79. The summed E-state index contributed by atoms with van der Waals surface area (Å²) in [5.74, 6) is 0. The van der Waals surface area contributed by atoms with Gasteiger partial charge in [0.15, 0.2) is 0 Å². The number of nitrogens with two attached hydrogens (primary N) is 1. The number of pyridine rings is 1. The molecule has 1 aromatic heterocycles. The van der Waals surface area contributed by atoms with Crippen LogP contribution in [0.15, 0.2) is 18.5 Å². The van der Waals surface area contributed by atoms with Crippen molar-refractivity contribution in [2.24, 2.45) is 5.73 Å². The van der Waals surface area contributed by atoms with Crippen LogP contribution in [0.2, 0.25) is 0 Å². The Kier molecular flexibility index (Phi) is 4.56. The molecule has 0 aliphatic carbocycles. The van der Waals surface area contributed by atoms with E-state index in [4.69, 9.17) is 10.5 Å². The minimum Gasteiger partial charge on any atom is -0.380 e. The van der Waals surface area contributed by atoms with E-state index < -0.39 is 0 Å². The van der Waals surface area contributed by atoms with Crippen molar-refractivity contribution in [2.45, 2.75) is 26.3 Å². The molecule has 1 aromatic rings. The van der Waals surface area contributed by atoms with E-state index in [-0.39, 0.29) is 6.04 Å². The maximum atomic E-state index is 6.00. The second-order valence-electron chi connectivity index (χ2n) is 3.19. The summed E-state index contributed by atoms with van der Waals surface area (Å²) < 4.78 is 5.30. The fourth-order valence-corrected chi connectivity index (χ4v) is 1.43. The Labute approximate surface area is 85.3 Å². The largest absolute Gasteiger partial charge is 0.380 e. The summed E-state index contributed by atoms with van der Waals surface area (Å²) >= 11 is 0. The van der Waals surface area contributed by atoms with Crippen LogP contribution in [0.3, 0.4) is 0 Å². The predicted molar refractivity (Wildman–Crippen MR) is 57.0 cm³/mol. The van der Waals surface area contributed by atoms with Crippen molar-refractivity contribution in [3.8, 4) is 0 Å². The summed E-state index contributed by atoms with van der Waals surface area (Å²) in [7, 11) is 0. The standard InChI is InChI=1S/C11H18N2O/c1-3-9-7-13-6-5-10(9)11(12)8-14-4-2/h5-7,11H,3-4,8,12H2,1-2H3. The van der Waals surface area contributed by atoms with Gasteiger partial charge in [-0.3, -0.25) is 4.98 Å². The minimum absolute atomic E-state index is 0.0344. The zero-order valence-corrected chi connectivity index (χ0v) is 8.86. The first kappa shape index (κ1) is 11.1. The molecule has 0 aromatic carbocycles. The lowest BCUT2D eigenvalue weighted by molar-refractivity contribution is 0.133. The third-order valence-electron chi connectivity index (χ3n) is 2.22. The van der Waals surface area contributed by atoms with Crippen molar-refractivity contribution < 1.29 is 4.74 Å². The van der Waals surface area contributed by atoms with Gasteiger partial charge in [0.2, 0.25) is 0 Å². The van der Waals surface area contributed by atoms with Gasteiger partial charge in [0, 0.05) is 19.0 Å². The average molecular weight is 194 g/mol. The lowest BCUT2D eigenvalue weighted by Gasteiger charge is -2.14. The van der Waals surface area contributed by atoms with Gasteiger partial charge in [-0.2, -0.15) is 0 Å². The van der Waals surface area contributed by atoms with Crippen molar-refractivity contribution in [3.05, 3.63) is 29.6 Å². The number of aryl methyl sites for hydroxylation is 1. The highest BCUT2D eigenvalue weighted by atomic mass is 16.5. The van der Waals surface area contributed by atoms with Crippen LogP contribution in [-0.4, -0.2) is 18.2 Å². The topological polar surface area (TPSA) is 48.1 Å². The molecule has 3 nitrogen and oxygen atoms in total. The summed E-state index contributed by atoms with van der Waals surface area (Å²) in [5, 5.41) is 0. The number of nitrogens with zero attached hydrogens (tertiary/aromatic N) is 1. The second-order valence-corrected chi connectivity index (χ2v) is 3.19. The maximum Gasteiger partial charge on any atom is 0.0659 e. The zero-order valence-electron chi connectivity index (χ0n) is 8.86. The molecule has 1 unspecified atom stereocenters. The molecule has 14 heavy (non-hydrogen) atoms. The van der Waals surface area contributed by atoms with Crippen LogP contribution in [0.1, 0.15) is 31.0 Å². The molecular formula is C11H18N2O. The SMILES string of the molecule is CCOCC(N)c1ccncc1CC. The average Bonchev–Trinajstić information content (AvgIpc) is 2.25. The van der Waals surface area contributed by atoms with Gasteiger partial charge < -0.3 is 10.5 Å². The fraction of sp³-hybridized carbons (Fsp3) is 0.545. The normalized spacial score (nSPS) is 12.8. The Balaban J connectivity index is 2.72. The van der Waals surface area contributed by atoms with E-state index in [1.165, 1.54) is 5.56 Å². The molecule has 0 radical (unpaired) electrons. The monoisotopic (exact) mass is 194 g/mol. The van der Waals surface area contributed by atoms with Gasteiger partial charge >= 0.3 is 0 Å². The summed E-state index contributed by atoms with van der Waals surface area (Å²) in [5.41, 5.74) is 8.36. The lowest BCUT2D eigenvalue weighted by Crippen LogP contribution is -2.18. The van der Waals surface area contributed by atoms with Crippen LogP contribution in [0.25, 0.3) is 0 Å². The van der Waals surface area contributed by atoms with E-state index in [2.05, 4.69) is 11.9 Å². The number of rotatable bonds is 5. The highest BCUT2D eigenvalue weighted by Crippen LogP contribution is 2.15. The van der Waals surface area contributed by atoms with Crippen molar-refractivity contribution in [2.75, 3.05) is 13.2 Å². The Hall–Kier alpha value is -0.930. The van der Waals surface area contributed by atoms with E-state index in [1.807, 2.05) is 19.2 Å². The van der Waals surface area contributed by atoms with Crippen molar-refractivity contribution in [1.82, 2.24) is 4.98 Å². The Bertz CT molecular complexity index is 276. The van der Waals surface area contributed by atoms with Crippen LogP contribution in [0.5, 0.6) is 0 Å². The molecule has 0 bridgehead atoms. The fourth-order valence-electron chi connectivity index (χ4n) is 1.43. The van der Waals surface area contributed by atoms with Crippen LogP contribution >= 0.6 is 0 Å². The van der Waals surface area contributed by atoms with E-state index in [0.29, 0.717) is 13.2 Å². The number of hydrogen-bond acceptors (Lipinski definition) is 3. The molecule has 0 aliphatic rings. The number of hydrogen-bond donors (Lipinski definition) is 1. The predicted octanol–water partition coefficient (Wildman–Crippen LogP) is 1.68. The van der Waals surface area contributed by atoms with Crippen LogP contribution in [-0.2, 0) is 11.2 Å². The first-order valence-electron chi connectivity index (χ1n) is 5.05. The molecule has 3 heteroatoms. The molecule has 0 saturated heterocycles. The molecule has 0 aliphatic heterocycles. The zero-order chi connectivity index (χ0) is 10.4. The highest BCUT2D eigenvalue weighted by Gasteiger charge is 2.09. The van der Waals surface area contributed by atoms with Crippen molar-refractivity contribution in [3.63, 3.8) is 0 Å². The molecule has 0 saturated carbocycles. The van der Waals surface area contributed by atoms with E-state index in [1.54, 1.807) is 6.20 Å². The molecule has 2 N–H and O–H groups in total. The highest BCUT2D eigenvalue weighted by molar-refractivity contribution is 5.26. The summed E-state index contributed by atoms with van der Waals surface area (Å²) in [6, 6.07) is 1.94. The van der Waals surface area contributed by atoms with Gasteiger partial charge in [0.1, 0.15) is 0 Å². The van der Waals surface area contributed by atoms with E-state index in [9.17, 15) is 0 Å². The maximum absolute atomic E-state index is 6.00. The smallest absolute Gasteiger partial charge is 0.0659 e. The molecule has 0 spiro atoms. The number of aromatic nitrogens is 1. The minimum atomic E-state index is -0.0344. The van der Waals surface area contributed by atoms with Crippen LogP contribution < -0.4 is 5.73 Å². The van der Waals surface area contributed by atoms with Gasteiger partial charge in [-0.15, -0.1) is 0 Å². The first-order chi connectivity index (χ1) is 6.79. The van der Waals surface area contributed by atoms with Gasteiger partial charge in [0.05, 0.1) is 12.6 Å². The first-order valence-corrected chi connectivity index (χ1v) is 5.05. The second kappa shape index (κ2) is 5.73. The molecule has 0 fully saturated rings. The van der Waals surface area contributed by atoms with Gasteiger partial charge in [0.25, 0.3) is 0 Å². The summed E-state index contributed by atoms with van der Waals surface area (Å²) in [4.78, 5) is 4.08. The summed E-state index contributed by atoms with van der Waals surface area (Å²) in [6.07, 6.45) is 4.62.